The first kappa shape index (κ1) is 16.3. The molecule has 1 atom stereocenters. The Hall–Kier alpha value is -2.86. The average Bonchev–Trinajstić information content (AvgIpc) is 3.39. The van der Waals surface area contributed by atoms with Crippen LogP contribution in [-0.2, 0) is 0 Å². The number of benzene rings is 1. The molecular weight excluding hydrogens is 364 g/mol. The van der Waals surface area contributed by atoms with Crippen LogP contribution in [0.25, 0.3) is 16.6 Å². The van der Waals surface area contributed by atoms with Crippen molar-refractivity contribution in [1.82, 2.24) is 19.5 Å². The number of carbonyl (C=O) groups is 1. The van der Waals surface area contributed by atoms with Gasteiger partial charge in [0.2, 0.25) is 0 Å². The number of amides is 1. The number of aryl methyl sites for hydroxylation is 1. The maximum Gasteiger partial charge on any atom is 0.290 e. The van der Waals surface area contributed by atoms with Gasteiger partial charge in [-0.2, -0.15) is 0 Å². The number of likely N-dealkylation sites (tertiary alicyclic amines) is 1. The highest BCUT2D eigenvalue weighted by Crippen LogP contribution is 2.36. The molecule has 1 fully saturated rings. The molecule has 0 radical (unpaired) electrons. The summed E-state index contributed by atoms with van der Waals surface area (Å²) < 4.78 is 7.83. The molecule has 0 saturated carbocycles. The van der Waals surface area contributed by atoms with Crippen LogP contribution in [0.4, 0.5) is 0 Å². The second-order valence-electron chi connectivity index (χ2n) is 6.82. The quantitative estimate of drug-likeness (QED) is 0.516. The number of halogens is 1. The van der Waals surface area contributed by atoms with Crippen molar-refractivity contribution < 1.29 is 9.21 Å². The first-order valence-electron chi connectivity index (χ1n) is 8.93. The molecule has 136 valence electrons. The lowest BCUT2D eigenvalue weighted by Crippen LogP contribution is -2.31. The fourth-order valence-corrected chi connectivity index (χ4v) is 4.12. The maximum atomic E-state index is 13.3. The Labute approximate surface area is 160 Å². The number of aromatic nitrogens is 3. The summed E-state index contributed by atoms with van der Waals surface area (Å²) in [6.07, 6.45) is 3.69. The Morgan fingerprint density at radius 2 is 2.11 bits per heavy atom. The van der Waals surface area contributed by atoms with Gasteiger partial charge in [0.1, 0.15) is 0 Å². The molecule has 1 amide bonds. The van der Waals surface area contributed by atoms with Crippen LogP contribution in [0.2, 0.25) is 5.02 Å². The first-order valence-corrected chi connectivity index (χ1v) is 9.31. The monoisotopic (exact) mass is 380 g/mol. The number of hydrogen-bond donors (Lipinski definition) is 0. The third kappa shape index (κ3) is 2.44. The predicted octanol–water partition coefficient (Wildman–Crippen LogP) is 4.41. The van der Waals surface area contributed by atoms with E-state index in [1.165, 1.54) is 0 Å². The van der Waals surface area contributed by atoms with E-state index in [9.17, 15) is 4.79 Å². The zero-order valence-electron chi connectivity index (χ0n) is 14.7. The van der Waals surface area contributed by atoms with E-state index in [4.69, 9.17) is 16.0 Å². The van der Waals surface area contributed by atoms with Gasteiger partial charge >= 0.3 is 0 Å². The zero-order valence-corrected chi connectivity index (χ0v) is 15.5. The summed E-state index contributed by atoms with van der Waals surface area (Å²) >= 11 is 6.24. The number of para-hydroxylation sites is 1. The molecule has 7 heteroatoms. The van der Waals surface area contributed by atoms with E-state index in [1.54, 1.807) is 6.07 Å². The number of hydrogen-bond acceptors (Lipinski definition) is 4. The van der Waals surface area contributed by atoms with E-state index in [2.05, 4.69) is 10.2 Å². The summed E-state index contributed by atoms with van der Waals surface area (Å²) in [5.74, 6) is 0.997. The summed E-state index contributed by atoms with van der Waals surface area (Å²) in [4.78, 5) is 15.2. The van der Waals surface area contributed by atoms with Crippen LogP contribution < -0.4 is 0 Å². The smallest absolute Gasteiger partial charge is 0.290 e. The van der Waals surface area contributed by atoms with Crippen molar-refractivity contribution in [3.63, 3.8) is 0 Å². The SMILES string of the molecule is Cc1c(C(=O)N2CCCC2c2nnc3ccccn23)oc2c(Cl)cccc12. The third-order valence-electron chi connectivity index (χ3n) is 5.26. The van der Waals surface area contributed by atoms with Gasteiger partial charge in [-0.05, 0) is 38.0 Å². The molecule has 3 aromatic heterocycles. The zero-order chi connectivity index (χ0) is 18.5. The standard InChI is InChI=1S/C20H17ClN4O2/c1-12-13-6-4-7-14(21)18(13)27-17(12)20(26)24-11-5-8-15(24)19-23-22-16-9-2-3-10-25(16)19/h2-4,6-7,9-10,15H,5,8,11H2,1H3. The molecule has 0 aliphatic carbocycles. The van der Waals surface area contributed by atoms with Gasteiger partial charge < -0.3 is 9.32 Å². The lowest BCUT2D eigenvalue weighted by molar-refractivity contribution is 0.0698. The topological polar surface area (TPSA) is 63.6 Å². The third-order valence-corrected chi connectivity index (χ3v) is 5.56. The summed E-state index contributed by atoms with van der Waals surface area (Å²) in [5, 5.41) is 9.96. The number of rotatable bonds is 2. The van der Waals surface area contributed by atoms with Crippen LogP contribution >= 0.6 is 11.6 Å². The molecule has 0 N–H and O–H groups in total. The Morgan fingerprint density at radius 3 is 2.96 bits per heavy atom. The second kappa shape index (κ2) is 6.09. The van der Waals surface area contributed by atoms with Crippen LogP contribution in [0.3, 0.4) is 0 Å². The molecule has 4 aromatic rings. The van der Waals surface area contributed by atoms with Crippen molar-refractivity contribution in [2.24, 2.45) is 0 Å². The van der Waals surface area contributed by atoms with Gasteiger partial charge in [0, 0.05) is 23.7 Å². The molecule has 6 nitrogen and oxygen atoms in total. The Bertz CT molecular complexity index is 1180. The minimum absolute atomic E-state index is 0.127. The fourth-order valence-electron chi connectivity index (χ4n) is 3.91. The summed E-state index contributed by atoms with van der Waals surface area (Å²) in [5.41, 5.74) is 2.15. The number of nitrogens with zero attached hydrogens (tertiary/aromatic N) is 4. The summed E-state index contributed by atoms with van der Waals surface area (Å²) in [6.45, 7) is 2.56. The molecule has 1 saturated heterocycles. The van der Waals surface area contributed by atoms with E-state index in [-0.39, 0.29) is 11.9 Å². The largest absolute Gasteiger partial charge is 0.449 e. The van der Waals surface area contributed by atoms with Crippen molar-refractivity contribution in [2.45, 2.75) is 25.8 Å². The highest BCUT2D eigenvalue weighted by atomic mass is 35.5. The van der Waals surface area contributed by atoms with E-state index < -0.39 is 0 Å². The molecule has 0 bridgehead atoms. The fraction of sp³-hybridized carbons (Fsp3) is 0.250. The minimum Gasteiger partial charge on any atom is -0.449 e. The number of fused-ring (bicyclic) bond motifs is 2. The van der Waals surface area contributed by atoms with Gasteiger partial charge in [-0.25, -0.2) is 0 Å². The lowest BCUT2D eigenvalue weighted by atomic mass is 10.1. The van der Waals surface area contributed by atoms with Gasteiger partial charge in [-0.15, -0.1) is 10.2 Å². The predicted molar refractivity (Wildman–Crippen MR) is 102 cm³/mol. The average molecular weight is 381 g/mol. The highest BCUT2D eigenvalue weighted by molar-refractivity contribution is 6.35. The van der Waals surface area contributed by atoms with Crippen molar-refractivity contribution >= 4 is 34.1 Å². The Kier molecular flexibility index (Phi) is 3.68. The van der Waals surface area contributed by atoms with E-state index in [0.29, 0.717) is 22.9 Å². The Morgan fingerprint density at radius 1 is 1.22 bits per heavy atom. The molecule has 5 rings (SSSR count). The van der Waals surface area contributed by atoms with Crippen LogP contribution in [0.5, 0.6) is 0 Å². The number of furan rings is 1. The van der Waals surface area contributed by atoms with E-state index in [0.717, 1.165) is 35.3 Å². The molecule has 1 unspecified atom stereocenters. The number of pyridine rings is 1. The van der Waals surface area contributed by atoms with E-state index >= 15 is 0 Å². The molecule has 4 heterocycles. The van der Waals surface area contributed by atoms with Crippen LogP contribution in [0.15, 0.2) is 47.0 Å². The van der Waals surface area contributed by atoms with Gasteiger partial charge in [0.05, 0.1) is 11.1 Å². The van der Waals surface area contributed by atoms with Crippen molar-refractivity contribution in [3.05, 3.63) is 64.8 Å². The van der Waals surface area contributed by atoms with Crippen LogP contribution in [0.1, 0.15) is 40.8 Å². The minimum atomic E-state index is -0.130. The van der Waals surface area contributed by atoms with Gasteiger partial charge in [0.25, 0.3) is 5.91 Å². The number of carbonyl (C=O) groups excluding carboxylic acids is 1. The maximum absolute atomic E-state index is 13.3. The Balaban J connectivity index is 1.57. The van der Waals surface area contributed by atoms with Gasteiger partial charge in [-0.3, -0.25) is 9.20 Å². The summed E-state index contributed by atoms with van der Waals surface area (Å²) in [6, 6.07) is 11.2. The second-order valence-corrected chi connectivity index (χ2v) is 7.22. The van der Waals surface area contributed by atoms with Crippen molar-refractivity contribution in [3.8, 4) is 0 Å². The van der Waals surface area contributed by atoms with Gasteiger partial charge in [0.15, 0.2) is 22.8 Å². The van der Waals surface area contributed by atoms with Crippen molar-refractivity contribution in [2.75, 3.05) is 6.54 Å². The molecule has 1 aromatic carbocycles. The van der Waals surface area contributed by atoms with Gasteiger partial charge in [-0.1, -0.05) is 29.8 Å². The molecule has 1 aliphatic heterocycles. The highest BCUT2D eigenvalue weighted by Gasteiger charge is 2.36. The molecule has 0 spiro atoms. The van der Waals surface area contributed by atoms with Crippen LogP contribution in [-0.4, -0.2) is 31.9 Å². The molecule has 27 heavy (non-hydrogen) atoms. The lowest BCUT2D eigenvalue weighted by Gasteiger charge is -2.22. The van der Waals surface area contributed by atoms with Crippen molar-refractivity contribution in [1.29, 1.82) is 0 Å². The molecular formula is C20H17ClN4O2. The normalized spacial score (nSPS) is 17.3. The molecule has 1 aliphatic rings. The summed E-state index contributed by atoms with van der Waals surface area (Å²) in [7, 11) is 0. The van der Waals surface area contributed by atoms with Crippen LogP contribution in [0, 0.1) is 6.92 Å². The first-order chi connectivity index (χ1) is 13.1. The van der Waals surface area contributed by atoms with E-state index in [1.807, 2.05) is 52.8 Å².